The highest BCUT2D eigenvalue weighted by Crippen LogP contribution is 2.77. The highest BCUT2D eigenvalue weighted by atomic mass is 16.5. The topological polar surface area (TPSA) is 63.6 Å². The molecule has 5 saturated carbocycles. The molecule has 202 valence electrons. The van der Waals surface area contributed by atoms with Crippen molar-refractivity contribution in [2.45, 2.75) is 119 Å². The van der Waals surface area contributed by atoms with Gasteiger partial charge in [-0.15, -0.1) is 0 Å². The third kappa shape index (κ3) is 3.17. The Balaban J connectivity index is 1.52. The van der Waals surface area contributed by atoms with Crippen molar-refractivity contribution in [1.82, 2.24) is 0 Å². The zero-order valence-corrected chi connectivity index (χ0v) is 23.9. The van der Waals surface area contributed by atoms with Crippen molar-refractivity contribution in [2.75, 3.05) is 0 Å². The van der Waals surface area contributed by atoms with Gasteiger partial charge in [-0.3, -0.25) is 9.59 Å². The summed E-state index contributed by atoms with van der Waals surface area (Å²) in [5, 5.41) is 10.5. The van der Waals surface area contributed by atoms with E-state index in [0.717, 1.165) is 44.9 Å². The van der Waals surface area contributed by atoms with Crippen LogP contribution in [0.4, 0.5) is 0 Å². The Morgan fingerprint density at radius 2 is 1.50 bits per heavy atom. The van der Waals surface area contributed by atoms with Crippen LogP contribution in [0.3, 0.4) is 0 Å². The van der Waals surface area contributed by atoms with Gasteiger partial charge in [-0.2, -0.15) is 0 Å². The largest absolute Gasteiger partial charge is 0.481 e. The van der Waals surface area contributed by atoms with Crippen LogP contribution in [0.15, 0.2) is 12.2 Å². The first-order valence-corrected chi connectivity index (χ1v) is 14.7. The maximum atomic E-state index is 12.8. The van der Waals surface area contributed by atoms with E-state index in [-0.39, 0.29) is 39.7 Å². The second-order valence-electron chi connectivity index (χ2n) is 15.1. The molecule has 0 aromatic carbocycles. The van der Waals surface area contributed by atoms with Gasteiger partial charge < -0.3 is 9.84 Å². The van der Waals surface area contributed by atoms with Gasteiger partial charge in [0.1, 0.15) is 6.10 Å². The summed E-state index contributed by atoms with van der Waals surface area (Å²) in [4.78, 5) is 24.7. The quantitative estimate of drug-likeness (QED) is 0.320. The molecule has 1 N–H and O–H groups in total. The molecule has 4 heteroatoms. The Morgan fingerprint density at radius 1 is 0.806 bits per heavy atom. The Hall–Kier alpha value is -1.32. The van der Waals surface area contributed by atoms with Crippen LogP contribution in [-0.4, -0.2) is 23.1 Å². The molecule has 4 nitrogen and oxygen atoms in total. The summed E-state index contributed by atoms with van der Waals surface area (Å²) in [6, 6.07) is 0. The predicted octanol–water partition coefficient (Wildman–Crippen LogP) is 7.66. The number of allylic oxidation sites excluding steroid dienone is 1. The lowest BCUT2D eigenvalue weighted by Crippen LogP contribution is -2.67. The molecule has 0 aromatic rings. The van der Waals surface area contributed by atoms with Crippen molar-refractivity contribution in [3.8, 4) is 0 Å². The Morgan fingerprint density at radius 3 is 2.11 bits per heavy atom. The van der Waals surface area contributed by atoms with Crippen molar-refractivity contribution in [3.63, 3.8) is 0 Å². The van der Waals surface area contributed by atoms with Gasteiger partial charge in [-0.25, -0.2) is 0 Å². The molecule has 5 aliphatic carbocycles. The number of carbonyl (C=O) groups excluding carboxylic acids is 1. The molecular formula is C32H50O4. The highest BCUT2D eigenvalue weighted by molar-refractivity contribution is 5.76. The molecule has 0 aromatic heterocycles. The fourth-order valence-electron chi connectivity index (χ4n) is 11.9. The number of carboxylic acid groups (broad SMARTS) is 1. The molecule has 5 fully saturated rings. The van der Waals surface area contributed by atoms with E-state index in [9.17, 15) is 14.7 Å². The van der Waals surface area contributed by atoms with Crippen LogP contribution in [0.2, 0.25) is 0 Å². The number of esters is 1. The molecular weight excluding hydrogens is 448 g/mol. The lowest BCUT2D eigenvalue weighted by Gasteiger charge is -2.72. The number of ether oxygens (including phenoxy) is 1. The van der Waals surface area contributed by atoms with Crippen LogP contribution >= 0.6 is 0 Å². The van der Waals surface area contributed by atoms with Gasteiger partial charge in [0.25, 0.3) is 0 Å². The highest BCUT2D eigenvalue weighted by Gasteiger charge is 2.72. The number of aliphatic carboxylic acids is 1. The zero-order valence-electron chi connectivity index (χ0n) is 23.9. The van der Waals surface area contributed by atoms with E-state index in [2.05, 4.69) is 48.1 Å². The third-order valence-electron chi connectivity index (χ3n) is 13.7. The minimum absolute atomic E-state index is 0.00466. The number of carbonyl (C=O) groups is 2. The fraction of sp³-hybridized carbons (Fsp3) is 0.875. The van der Waals surface area contributed by atoms with Gasteiger partial charge >= 0.3 is 11.9 Å². The van der Waals surface area contributed by atoms with Gasteiger partial charge in [0.05, 0.1) is 5.41 Å². The monoisotopic (exact) mass is 498 g/mol. The summed E-state index contributed by atoms with van der Waals surface area (Å²) in [5.41, 5.74) is 1.20. The van der Waals surface area contributed by atoms with Crippen molar-refractivity contribution >= 4 is 11.9 Å². The maximum absolute atomic E-state index is 12.8. The van der Waals surface area contributed by atoms with E-state index >= 15 is 0 Å². The Bertz CT molecular complexity index is 967. The lowest BCUT2D eigenvalue weighted by atomic mass is 9.32. The number of carboxylic acids is 1. The minimum Gasteiger partial charge on any atom is -0.481 e. The summed E-state index contributed by atoms with van der Waals surface area (Å²) < 4.78 is 5.88. The number of fused-ring (bicyclic) bond motifs is 7. The van der Waals surface area contributed by atoms with Crippen LogP contribution in [0, 0.1) is 56.7 Å². The van der Waals surface area contributed by atoms with Crippen molar-refractivity contribution < 1.29 is 19.4 Å². The number of rotatable bonds is 3. The molecule has 0 aliphatic heterocycles. The smallest absolute Gasteiger partial charge is 0.309 e. The van der Waals surface area contributed by atoms with Crippen LogP contribution < -0.4 is 0 Å². The van der Waals surface area contributed by atoms with Crippen LogP contribution in [-0.2, 0) is 14.3 Å². The first kappa shape index (κ1) is 26.3. The van der Waals surface area contributed by atoms with E-state index in [1.54, 1.807) is 6.92 Å². The molecule has 0 bridgehead atoms. The molecule has 5 aliphatic rings. The second kappa shape index (κ2) is 8.09. The number of hydrogen-bond donors (Lipinski definition) is 1. The van der Waals surface area contributed by atoms with E-state index in [1.807, 2.05) is 0 Å². The predicted molar refractivity (Wildman–Crippen MR) is 142 cm³/mol. The van der Waals surface area contributed by atoms with E-state index in [1.165, 1.54) is 24.8 Å². The second-order valence-corrected chi connectivity index (χ2v) is 15.1. The first-order chi connectivity index (χ1) is 16.6. The Labute approximate surface area is 219 Å². The molecule has 10 atom stereocenters. The molecule has 0 saturated heterocycles. The normalized spacial score (nSPS) is 51.2. The summed E-state index contributed by atoms with van der Waals surface area (Å²) in [5.74, 6) is 1.49. The zero-order chi connectivity index (χ0) is 26.5. The minimum atomic E-state index is -0.553. The van der Waals surface area contributed by atoms with Crippen LogP contribution in [0.5, 0.6) is 0 Å². The summed E-state index contributed by atoms with van der Waals surface area (Å²) >= 11 is 0. The molecule has 5 rings (SSSR count). The average molecular weight is 499 g/mol. The Kier molecular flexibility index (Phi) is 5.91. The lowest BCUT2D eigenvalue weighted by molar-refractivity contribution is -0.250. The van der Waals surface area contributed by atoms with Crippen LogP contribution in [0.1, 0.15) is 113 Å². The average Bonchev–Trinajstić information content (AvgIpc) is 3.17. The standard InChI is InChI=1S/C32H50O4/c1-19(2)21-11-16-32(27(34)35)18-17-30(7)22(26(21)32)9-10-24-29(6)14-13-25(36-20(3)33)28(4,5)23(29)12-15-31(24,30)8/h21-26H,1,9-18H2,2-8H3,(H,34,35)/t21?,22-,23?,24?,25+,26?,29+,30-,31-,32+/m1/s1. The fourth-order valence-corrected chi connectivity index (χ4v) is 11.9. The molecule has 36 heavy (non-hydrogen) atoms. The van der Waals surface area contributed by atoms with Gasteiger partial charge in [0.15, 0.2) is 0 Å². The van der Waals surface area contributed by atoms with E-state index < -0.39 is 11.4 Å². The number of hydrogen-bond acceptors (Lipinski definition) is 3. The van der Waals surface area contributed by atoms with Crippen molar-refractivity contribution in [3.05, 3.63) is 12.2 Å². The van der Waals surface area contributed by atoms with Gasteiger partial charge in [-0.05, 0) is 117 Å². The van der Waals surface area contributed by atoms with Gasteiger partial charge in [0, 0.05) is 12.3 Å². The summed E-state index contributed by atoms with van der Waals surface area (Å²) in [7, 11) is 0. The first-order valence-electron chi connectivity index (χ1n) is 14.7. The van der Waals surface area contributed by atoms with Crippen molar-refractivity contribution in [2.24, 2.45) is 56.7 Å². The maximum Gasteiger partial charge on any atom is 0.309 e. The molecule has 4 unspecified atom stereocenters. The third-order valence-corrected chi connectivity index (χ3v) is 13.7. The molecule has 0 heterocycles. The molecule has 0 amide bonds. The van der Waals surface area contributed by atoms with Gasteiger partial charge in [-0.1, -0.05) is 46.8 Å². The van der Waals surface area contributed by atoms with Crippen LogP contribution in [0.25, 0.3) is 0 Å². The SMILES string of the molecule is C=C(C)C1CC[C@]2(C(=O)O)CC[C@]3(C)[C@H](CCC4[C@@]5(C)CC[C@H](OC(C)=O)C(C)(C)C5CC[C@]43C)C12. The molecule has 0 spiro atoms. The molecule has 0 radical (unpaired) electrons. The van der Waals surface area contributed by atoms with E-state index in [4.69, 9.17) is 4.74 Å². The van der Waals surface area contributed by atoms with E-state index in [0.29, 0.717) is 23.7 Å². The van der Waals surface area contributed by atoms with Crippen molar-refractivity contribution in [1.29, 1.82) is 0 Å². The summed E-state index contributed by atoms with van der Waals surface area (Å²) in [6.45, 7) is 20.4. The summed E-state index contributed by atoms with van der Waals surface area (Å²) in [6.07, 6.45) is 10.5. The van der Waals surface area contributed by atoms with Gasteiger partial charge in [0.2, 0.25) is 0 Å².